The molecule has 0 aliphatic rings. The van der Waals surface area contributed by atoms with E-state index in [0.29, 0.717) is 30.1 Å². The first-order valence-electron chi connectivity index (χ1n) is 6.85. The quantitative estimate of drug-likeness (QED) is 0.827. The molecule has 21 heavy (non-hydrogen) atoms. The van der Waals surface area contributed by atoms with E-state index in [-0.39, 0.29) is 18.3 Å². The van der Waals surface area contributed by atoms with Gasteiger partial charge in [0, 0.05) is 42.2 Å². The Bertz CT molecular complexity index is 545. The molecule has 1 aromatic heterocycles. The highest BCUT2D eigenvalue weighted by Gasteiger charge is 2.11. The van der Waals surface area contributed by atoms with Crippen molar-refractivity contribution in [2.45, 2.75) is 13.0 Å². The van der Waals surface area contributed by atoms with Crippen molar-refractivity contribution in [3.63, 3.8) is 0 Å². The van der Waals surface area contributed by atoms with E-state index in [9.17, 15) is 9.50 Å². The largest absolute Gasteiger partial charge is 0.396 e. The molecule has 1 unspecified atom stereocenters. The lowest BCUT2D eigenvalue weighted by atomic mass is 10.0. The number of rotatable bonds is 7. The minimum Gasteiger partial charge on any atom is -0.396 e. The molecule has 0 fully saturated rings. The number of hydrogen-bond acceptors (Lipinski definition) is 3. The Morgan fingerprint density at radius 2 is 2.10 bits per heavy atom. The molecule has 3 nitrogen and oxygen atoms in total. The SMILES string of the molecule is OCC(CNCc1c(F)cccc1Cl)Cc1ccccn1. The van der Waals surface area contributed by atoms with Crippen LogP contribution in [-0.2, 0) is 13.0 Å². The molecule has 0 aliphatic carbocycles. The molecule has 0 spiro atoms. The number of aliphatic hydroxyl groups is 1. The summed E-state index contributed by atoms with van der Waals surface area (Å²) in [7, 11) is 0. The molecule has 0 aliphatic heterocycles. The van der Waals surface area contributed by atoms with Crippen LogP contribution in [0.1, 0.15) is 11.3 Å². The summed E-state index contributed by atoms with van der Waals surface area (Å²) < 4.78 is 13.6. The summed E-state index contributed by atoms with van der Waals surface area (Å²) in [5, 5.41) is 13.0. The minimum atomic E-state index is -0.319. The lowest BCUT2D eigenvalue weighted by molar-refractivity contribution is 0.220. The number of pyridine rings is 1. The average molecular weight is 309 g/mol. The van der Waals surface area contributed by atoms with E-state index in [1.807, 2.05) is 18.2 Å². The van der Waals surface area contributed by atoms with Crippen LogP contribution in [0.15, 0.2) is 42.6 Å². The van der Waals surface area contributed by atoms with Crippen LogP contribution in [-0.4, -0.2) is 23.2 Å². The second-order valence-corrected chi connectivity index (χ2v) is 5.31. The molecule has 1 atom stereocenters. The summed E-state index contributed by atoms with van der Waals surface area (Å²) in [5.41, 5.74) is 1.39. The van der Waals surface area contributed by atoms with Gasteiger partial charge in [0.05, 0.1) is 0 Å². The minimum absolute atomic E-state index is 0.0328. The van der Waals surface area contributed by atoms with Crippen LogP contribution in [0, 0.1) is 11.7 Å². The molecular formula is C16H18ClFN2O. The first kappa shape index (κ1) is 15.9. The summed E-state index contributed by atoms with van der Waals surface area (Å²) in [4.78, 5) is 4.24. The summed E-state index contributed by atoms with van der Waals surface area (Å²) >= 11 is 5.97. The third kappa shape index (κ3) is 4.77. The van der Waals surface area contributed by atoms with E-state index in [2.05, 4.69) is 10.3 Å². The van der Waals surface area contributed by atoms with Crippen molar-refractivity contribution in [3.8, 4) is 0 Å². The number of benzene rings is 1. The van der Waals surface area contributed by atoms with Gasteiger partial charge in [-0.1, -0.05) is 23.7 Å². The fourth-order valence-electron chi connectivity index (χ4n) is 2.12. The first-order chi connectivity index (χ1) is 10.2. The Kier molecular flexibility index (Phi) is 6.11. The molecule has 112 valence electrons. The predicted octanol–water partition coefficient (Wildman–Crippen LogP) is 2.81. The van der Waals surface area contributed by atoms with Crippen molar-refractivity contribution >= 4 is 11.6 Å². The van der Waals surface area contributed by atoms with Crippen LogP contribution in [0.4, 0.5) is 4.39 Å². The Morgan fingerprint density at radius 3 is 2.76 bits per heavy atom. The van der Waals surface area contributed by atoms with Gasteiger partial charge in [-0.2, -0.15) is 0 Å². The number of nitrogens with zero attached hydrogens (tertiary/aromatic N) is 1. The van der Waals surface area contributed by atoms with Crippen molar-refractivity contribution < 1.29 is 9.50 Å². The number of hydrogen-bond donors (Lipinski definition) is 2. The highest BCUT2D eigenvalue weighted by atomic mass is 35.5. The lowest BCUT2D eigenvalue weighted by Crippen LogP contribution is -2.27. The average Bonchev–Trinajstić information content (AvgIpc) is 2.50. The van der Waals surface area contributed by atoms with Gasteiger partial charge in [-0.3, -0.25) is 4.98 Å². The topological polar surface area (TPSA) is 45.1 Å². The van der Waals surface area contributed by atoms with Gasteiger partial charge in [0.25, 0.3) is 0 Å². The van der Waals surface area contributed by atoms with Gasteiger partial charge >= 0.3 is 0 Å². The van der Waals surface area contributed by atoms with Gasteiger partial charge in [-0.25, -0.2) is 4.39 Å². The molecule has 0 bridgehead atoms. The number of aromatic nitrogens is 1. The molecule has 1 aromatic carbocycles. The van der Waals surface area contributed by atoms with Crippen LogP contribution < -0.4 is 5.32 Å². The second kappa shape index (κ2) is 8.08. The van der Waals surface area contributed by atoms with Crippen molar-refractivity contribution in [3.05, 3.63) is 64.7 Å². The Balaban J connectivity index is 1.86. The molecule has 2 rings (SSSR count). The van der Waals surface area contributed by atoms with Crippen molar-refractivity contribution in [1.29, 1.82) is 0 Å². The lowest BCUT2D eigenvalue weighted by Gasteiger charge is -2.15. The van der Waals surface area contributed by atoms with E-state index >= 15 is 0 Å². The standard InChI is InChI=1S/C16H18ClFN2O/c17-15-5-3-6-16(18)14(15)10-19-9-12(11-21)8-13-4-1-2-7-20-13/h1-7,12,19,21H,8-11H2. The zero-order valence-corrected chi connectivity index (χ0v) is 12.4. The predicted molar refractivity (Wildman–Crippen MR) is 81.6 cm³/mol. The zero-order chi connectivity index (χ0) is 15.1. The van der Waals surface area contributed by atoms with Gasteiger partial charge in [-0.05, 0) is 36.6 Å². The molecule has 0 amide bonds. The molecule has 2 N–H and O–H groups in total. The van der Waals surface area contributed by atoms with Gasteiger partial charge in [0.15, 0.2) is 0 Å². The molecule has 5 heteroatoms. The monoisotopic (exact) mass is 308 g/mol. The highest BCUT2D eigenvalue weighted by molar-refractivity contribution is 6.31. The maximum absolute atomic E-state index is 13.6. The summed E-state index contributed by atoms with van der Waals surface area (Å²) in [6.45, 7) is 0.955. The number of nitrogens with one attached hydrogen (secondary N) is 1. The van der Waals surface area contributed by atoms with E-state index in [4.69, 9.17) is 11.6 Å². The zero-order valence-electron chi connectivity index (χ0n) is 11.6. The van der Waals surface area contributed by atoms with Crippen LogP contribution in [0.3, 0.4) is 0 Å². The number of aliphatic hydroxyl groups excluding tert-OH is 1. The van der Waals surface area contributed by atoms with E-state index in [0.717, 1.165) is 5.69 Å². The van der Waals surface area contributed by atoms with Crippen molar-refractivity contribution in [1.82, 2.24) is 10.3 Å². The Labute approximate surface area is 128 Å². The smallest absolute Gasteiger partial charge is 0.129 e. The maximum Gasteiger partial charge on any atom is 0.129 e. The summed E-state index contributed by atoms with van der Waals surface area (Å²) in [6, 6.07) is 10.3. The van der Waals surface area contributed by atoms with E-state index < -0.39 is 0 Å². The Morgan fingerprint density at radius 1 is 1.24 bits per heavy atom. The van der Waals surface area contributed by atoms with E-state index in [1.54, 1.807) is 18.3 Å². The first-order valence-corrected chi connectivity index (χ1v) is 7.23. The highest BCUT2D eigenvalue weighted by Crippen LogP contribution is 2.18. The third-order valence-corrected chi connectivity index (χ3v) is 3.63. The van der Waals surface area contributed by atoms with Crippen LogP contribution in [0.2, 0.25) is 5.02 Å². The third-order valence-electron chi connectivity index (χ3n) is 3.28. The van der Waals surface area contributed by atoms with Crippen LogP contribution in [0.25, 0.3) is 0 Å². The normalized spacial score (nSPS) is 12.3. The van der Waals surface area contributed by atoms with Gasteiger partial charge < -0.3 is 10.4 Å². The molecule has 0 saturated heterocycles. The molecular weight excluding hydrogens is 291 g/mol. The second-order valence-electron chi connectivity index (χ2n) is 4.90. The molecule has 1 heterocycles. The van der Waals surface area contributed by atoms with Gasteiger partial charge in [0.2, 0.25) is 0 Å². The molecule has 0 saturated carbocycles. The summed E-state index contributed by atoms with van der Waals surface area (Å²) in [6.07, 6.45) is 2.41. The van der Waals surface area contributed by atoms with E-state index in [1.165, 1.54) is 6.07 Å². The van der Waals surface area contributed by atoms with Crippen LogP contribution >= 0.6 is 11.6 Å². The molecule has 2 aromatic rings. The van der Waals surface area contributed by atoms with Crippen LogP contribution in [0.5, 0.6) is 0 Å². The summed E-state index contributed by atoms with van der Waals surface area (Å²) in [5.74, 6) is -0.286. The van der Waals surface area contributed by atoms with Crippen molar-refractivity contribution in [2.24, 2.45) is 5.92 Å². The van der Waals surface area contributed by atoms with Gasteiger partial charge in [-0.15, -0.1) is 0 Å². The fraction of sp³-hybridized carbons (Fsp3) is 0.312. The van der Waals surface area contributed by atoms with Crippen molar-refractivity contribution in [2.75, 3.05) is 13.2 Å². The maximum atomic E-state index is 13.6. The molecule has 0 radical (unpaired) electrons. The van der Waals surface area contributed by atoms with Gasteiger partial charge in [0.1, 0.15) is 5.82 Å². The fourth-order valence-corrected chi connectivity index (χ4v) is 2.35. The number of halogens is 2. The Hall–Kier alpha value is -1.49.